The Morgan fingerprint density at radius 1 is 1.17 bits per heavy atom. The van der Waals surface area contributed by atoms with Gasteiger partial charge in [0.05, 0.1) is 6.10 Å². The molecule has 0 radical (unpaired) electrons. The summed E-state index contributed by atoms with van der Waals surface area (Å²) in [4.78, 5) is 4.05. The number of nitrogens with zero attached hydrogens (tertiary/aromatic N) is 1. The van der Waals surface area contributed by atoms with Gasteiger partial charge in [-0.1, -0.05) is 23.8 Å². The van der Waals surface area contributed by atoms with Gasteiger partial charge in [0.2, 0.25) is 0 Å². The molecule has 0 spiro atoms. The molecule has 2 heteroatoms. The summed E-state index contributed by atoms with van der Waals surface area (Å²) in [7, 11) is 0. The zero-order chi connectivity index (χ0) is 13.1. The number of benzene rings is 1. The van der Waals surface area contributed by atoms with Crippen LogP contribution in [-0.4, -0.2) is 10.1 Å². The Hall–Kier alpha value is -1.67. The van der Waals surface area contributed by atoms with E-state index in [4.69, 9.17) is 0 Å². The van der Waals surface area contributed by atoms with Crippen LogP contribution in [0, 0.1) is 20.8 Å². The van der Waals surface area contributed by atoms with Gasteiger partial charge in [0.1, 0.15) is 0 Å². The fourth-order valence-corrected chi connectivity index (χ4v) is 2.42. The van der Waals surface area contributed by atoms with Crippen molar-refractivity contribution in [1.29, 1.82) is 0 Å². The molecule has 0 fully saturated rings. The molecule has 0 bridgehead atoms. The van der Waals surface area contributed by atoms with E-state index in [1.54, 1.807) is 12.4 Å². The SMILES string of the molecule is Cc1cc(C)c(CC(O)c2cccnc2)c(C)c1. The van der Waals surface area contributed by atoms with Crippen LogP contribution in [0.15, 0.2) is 36.7 Å². The van der Waals surface area contributed by atoms with E-state index in [-0.39, 0.29) is 0 Å². The van der Waals surface area contributed by atoms with E-state index >= 15 is 0 Å². The van der Waals surface area contributed by atoms with Crippen LogP contribution < -0.4 is 0 Å². The first-order chi connectivity index (χ1) is 8.58. The summed E-state index contributed by atoms with van der Waals surface area (Å²) in [6.45, 7) is 6.30. The van der Waals surface area contributed by atoms with Gasteiger partial charge in [-0.25, -0.2) is 0 Å². The van der Waals surface area contributed by atoms with Gasteiger partial charge in [-0.05, 0) is 49.1 Å². The highest BCUT2D eigenvalue weighted by Gasteiger charge is 2.12. The van der Waals surface area contributed by atoms with Gasteiger partial charge in [0.25, 0.3) is 0 Å². The molecule has 1 unspecified atom stereocenters. The molecule has 0 saturated carbocycles. The summed E-state index contributed by atoms with van der Waals surface area (Å²) in [5, 5.41) is 10.3. The van der Waals surface area contributed by atoms with Gasteiger partial charge in [-0.15, -0.1) is 0 Å². The number of aliphatic hydroxyl groups is 1. The fourth-order valence-electron chi connectivity index (χ4n) is 2.42. The van der Waals surface area contributed by atoms with Crippen LogP contribution in [0.2, 0.25) is 0 Å². The van der Waals surface area contributed by atoms with Crippen molar-refractivity contribution in [3.8, 4) is 0 Å². The van der Waals surface area contributed by atoms with E-state index in [0.717, 1.165) is 5.56 Å². The molecule has 1 N–H and O–H groups in total. The average Bonchev–Trinajstić information content (AvgIpc) is 2.34. The van der Waals surface area contributed by atoms with Crippen molar-refractivity contribution in [3.63, 3.8) is 0 Å². The molecule has 94 valence electrons. The molecule has 0 amide bonds. The predicted octanol–water partition coefficient (Wildman–Crippen LogP) is 3.28. The lowest BCUT2D eigenvalue weighted by molar-refractivity contribution is 0.177. The first-order valence-electron chi connectivity index (χ1n) is 6.22. The monoisotopic (exact) mass is 241 g/mol. The van der Waals surface area contributed by atoms with Crippen molar-refractivity contribution < 1.29 is 5.11 Å². The second-order valence-corrected chi connectivity index (χ2v) is 4.88. The zero-order valence-corrected chi connectivity index (χ0v) is 11.1. The first kappa shape index (κ1) is 12.8. The lowest BCUT2D eigenvalue weighted by Crippen LogP contribution is -2.05. The van der Waals surface area contributed by atoms with Crippen LogP contribution in [0.25, 0.3) is 0 Å². The van der Waals surface area contributed by atoms with Crippen molar-refractivity contribution in [2.24, 2.45) is 0 Å². The van der Waals surface area contributed by atoms with E-state index in [9.17, 15) is 5.11 Å². The standard InChI is InChI=1S/C16H19NO/c1-11-7-12(2)15(13(3)8-11)9-16(18)14-5-4-6-17-10-14/h4-8,10,16,18H,9H2,1-3H3. The largest absolute Gasteiger partial charge is 0.388 e. The molecule has 1 aromatic carbocycles. The normalized spacial score (nSPS) is 12.4. The van der Waals surface area contributed by atoms with E-state index in [1.165, 1.54) is 22.3 Å². The van der Waals surface area contributed by atoms with Gasteiger partial charge < -0.3 is 5.11 Å². The highest BCUT2D eigenvalue weighted by Crippen LogP contribution is 2.23. The van der Waals surface area contributed by atoms with Crippen molar-refractivity contribution >= 4 is 0 Å². The molecular weight excluding hydrogens is 222 g/mol. The average molecular weight is 241 g/mol. The van der Waals surface area contributed by atoms with Crippen LogP contribution in [-0.2, 0) is 6.42 Å². The quantitative estimate of drug-likeness (QED) is 0.894. The Bertz CT molecular complexity index is 511. The van der Waals surface area contributed by atoms with Crippen LogP contribution in [0.3, 0.4) is 0 Å². The number of aryl methyl sites for hydroxylation is 3. The van der Waals surface area contributed by atoms with Crippen LogP contribution in [0.4, 0.5) is 0 Å². The number of pyridine rings is 1. The Morgan fingerprint density at radius 2 is 1.83 bits per heavy atom. The molecular formula is C16H19NO. The smallest absolute Gasteiger partial charge is 0.0845 e. The number of aliphatic hydroxyl groups excluding tert-OH is 1. The highest BCUT2D eigenvalue weighted by atomic mass is 16.3. The Balaban J connectivity index is 2.25. The molecule has 0 aliphatic heterocycles. The maximum atomic E-state index is 10.3. The third-order valence-electron chi connectivity index (χ3n) is 3.31. The van der Waals surface area contributed by atoms with Gasteiger partial charge in [0.15, 0.2) is 0 Å². The lowest BCUT2D eigenvalue weighted by Gasteiger charge is -2.15. The van der Waals surface area contributed by atoms with Gasteiger partial charge in [0, 0.05) is 18.8 Å². The summed E-state index contributed by atoms with van der Waals surface area (Å²) >= 11 is 0. The Labute approximate surface area is 108 Å². The zero-order valence-electron chi connectivity index (χ0n) is 11.1. The third-order valence-corrected chi connectivity index (χ3v) is 3.31. The van der Waals surface area contributed by atoms with E-state index in [0.29, 0.717) is 6.42 Å². The maximum absolute atomic E-state index is 10.3. The number of hydrogen-bond donors (Lipinski definition) is 1. The van der Waals surface area contributed by atoms with Gasteiger partial charge in [-0.2, -0.15) is 0 Å². The molecule has 0 aliphatic carbocycles. The summed E-state index contributed by atoms with van der Waals surface area (Å²) < 4.78 is 0. The van der Waals surface area contributed by atoms with Crippen molar-refractivity contribution in [2.45, 2.75) is 33.3 Å². The summed E-state index contributed by atoms with van der Waals surface area (Å²) in [5.41, 5.74) is 5.87. The molecule has 2 rings (SSSR count). The number of rotatable bonds is 3. The van der Waals surface area contributed by atoms with Crippen molar-refractivity contribution in [2.75, 3.05) is 0 Å². The maximum Gasteiger partial charge on any atom is 0.0845 e. The van der Waals surface area contributed by atoms with E-state index < -0.39 is 6.10 Å². The summed E-state index contributed by atoms with van der Waals surface area (Å²) in [5.74, 6) is 0. The summed E-state index contributed by atoms with van der Waals surface area (Å²) in [6, 6.07) is 8.10. The number of aromatic nitrogens is 1. The second kappa shape index (κ2) is 5.32. The van der Waals surface area contributed by atoms with E-state index in [2.05, 4.69) is 37.9 Å². The molecule has 18 heavy (non-hydrogen) atoms. The van der Waals surface area contributed by atoms with Crippen LogP contribution >= 0.6 is 0 Å². The third kappa shape index (κ3) is 2.77. The van der Waals surface area contributed by atoms with E-state index in [1.807, 2.05) is 12.1 Å². The van der Waals surface area contributed by atoms with Crippen LogP contribution in [0.5, 0.6) is 0 Å². The summed E-state index contributed by atoms with van der Waals surface area (Å²) in [6.07, 6.45) is 3.60. The second-order valence-electron chi connectivity index (χ2n) is 4.88. The minimum absolute atomic E-state index is 0.487. The topological polar surface area (TPSA) is 33.1 Å². The molecule has 2 nitrogen and oxygen atoms in total. The molecule has 0 aliphatic rings. The first-order valence-corrected chi connectivity index (χ1v) is 6.22. The predicted molar refractivity (Wildman–Crippen MR) is 73.6 cm³/mol. The fraction of sp³-hybridized carbons (Fsp3) is 0.312. The van der Waals surface area contributed by atoms with Crippen molar-refractivity contribution in [1.82, 2.24) is 4.98 Å². The Morgan fingerprint density at radius 3 is 2.39 bits per heavy atom. The van der Waals surface area contributed by atoms with Crippen LogP contribution in [0.1, 0.15) is 33.9 Å². The molecule has 0 saturated heterocycles. The highest BCUT2D eigenvalue weighted by molar-refractivity contribution is 5.38. The minimum atomic E-state index is -0.487. The van der Waals surface area contributed by atoms with Gasteiger partial charge >= 0.3 is 0 Å². The molecule has 2 aromatic rings. The van der Waals surface area contributed by atoms with Crippen molar-refractivity contribution in [3.05, 3.63) is 64.5 Å². The minimum Gasteiger partial charge on any atom is -0.388 e. The van der Waals surface area contributed by atoms with Gasteiger partial charge in [-0.3, -0.25) is 4.98 Å². The molecule has 1 heterocycles. The lowest BCUT2D eigenvalue weighted by atomic mass is 9.93. The Kier molecular flexibility index (Phi) is 3.78. The molecule has 1 atom stereocenters. The molecule has 1 aromatic heterocycles. The number of hydrogen-bond acceptors (Lipinski definition) is 2.